The third-order valence-corrected chi connectivity index (χ3v) is 3.39. The van der Waals surface area contributed by atoms with E-state index < -0.39 is 6.10 Å². The molecule has 3 nitrogen and oxygen atoms in total. The number of benzene rings is 1. The third kappa shape index (κ3) is 3.05. The molecule has 1 atom stereocenters. The second-order valence-electron chi connectivity index (χ2n) is 4.09. The zero-order valence-electron chi connectivity index (χ0n) is 9.98. The minimum atomic E-state index is -0.624. The van der Waals surface area contributed by atoms with Crippen molar-refractivity contribution in [2.75, 3.05) is 0 Å². The van der Waals surface area contributed by atoms with Crippen LogP contribution >= 0.6 is 23.2 Å². The molecule has 0 radical (unpaired) electrons. The lowest BCUT2D eigenvalue weighted by atomic mass is 10.0. The van der Waals surface area contributed by atoms with Crippen molar-refractivity contribution in [1.82, 2.24) is 9.78 Å². The summed E-state index contributed by atoms with van der Waals surface area (Å²) in [6.07, 6.45) is 3.31. The Balaban J connectivity index is 2.15. The van der Waals surface area contributed by atoms with Gasteiger partial charge in [0.25, 0.3) is 0 Å². The van der Waals surface area contributed by atoms with E-state index in [2.05, 4.69) is 5.10 Å². The lowest BCUT2D eigenvalue weighted by Gasteiger charge is -2.10. The van der Waals surface area contributed by atoms with Crippen LogP contribution in [0.15, 0.2) is 30.6 Å². The Hall–Kier alpha value is -1.03. The maximum Gasteiger partial charge on any atom is 0.0861 e. The number of rotatable bonds is 4. The van der Waals surface area contributed by atoms with Gasteiger partial charge in [0.05, 0.1) is 12.3 Å². The molecule has 1 aromatic heterocycles. The highest BCUT2D eigenvalue weighted by molar-refractivity contribution is 6.33. The molecule has 0 fully saturated rings. The van der Waals surface area contributed by atoms with Crippen molar-refractivity contribution in [3.05, 3.63) is 51.8 Å². The molecular formula is C13H14Cl2N2O. The van der Waals surface area contributed by atoms with E-state index in [4.69, 9.17) is 23.2 Å². The van der Waals surface area contributed by atoms with Crippen LogP contribution in [-0.4, -0.2) is 14.9 Å². The van der Waals surface area contributed by atoms with E-state index in [0.29, 0.717) is 16.5 Å². The highest BCUT2D eigenvalue weighted by Crippen LogP contribution is 2.26. The number of hydrogen-bond acceptors (Lipinski definition) is 2. The van der Waals surface area contributed by atoms with Crippen molar-refractivity contribution in [2.45, 2.75) is 26.0 Å². The summed E-state index contributed by atoms with van der Waals surface area (Å²) in [5, 5.41) is 15.5. The van der Waals surface area contributed by atoms with Gasteiger partial charge in [-0.1, -0.05) is 23.2 Å². The molecule has 2 rings (SSSR count). The van der Waals surface area contributed by atoms with Crippen LogP contribution in [0.1, 0.15) is 24.2 Å². The predicted molar refractivity (Wildman–Crippen MR) is 73.0 cm³/mol. The minimum Gasteiger partial charge on any atom is -0.388 e. The SMILES string of the molecule is CCn1cc(C(O)Cc2cc(Cl)ccc2Cl)cn1. The highest BCUT2D eigenvalue weighted by atomic mass is 35.5. The smallest absolute Gasteiger partial charge is 0.0861 e. The van der Waals surface area contributed by atoms with Crippen LogP contribution in [0.25, 0.3) is 0 Å². The normalized spacial score (nSPS) is 12.7. The molecule has 0 bridgehead atoms. The summed E-state index contributed by atoms with van der Waals surface area (Å²) in [6, 6.07) is 5.24. The van der Waals surface area contributed by atoms with Crippen molar-refractivity contribution in [1.29, 1.82) is 0 Å². The fourth-order valence-corrected chi connectivity index (χ4v) is 2.14. The number of aliphatic hydroxyl groups excluding tert-OH is 1. The average molecular weight is 285 g/mol. The Bertz CT molecular complexity index is 540. The summed E-state index contributed by atoms with van der Waals surface area (Å²) < 4.78 is 1.78. The van der Waals surface area contributed by atoms with Gasteiger partial charge in [-0.2, -0.15) is 5.10 Å². The van der Waals surface area contributed by atoms with Gasteiger partial charge < -0.3 is 5.11 Å². The van der Waals surface area contributed by atoms with Gasteiger partial charge in [0, 0.05) is 34.8 Å². The Labute approximate surface area is 116 Å². The maximum absolute atomic E-state index is 10.1. The molecule has 0 amide bonds. The van der Waals surface area contributed by atoms with E-state index in [9.17, 15) is 5.11 Å². The first-order chi connectivity index (χ1) is 8.60. The Morgan fingerprint density at radius 2 is 2.17 bits per heavy atom. The summed E-state index contributed by atoms with van der Waals surface area (Å²) in [7, 11) is 0. The molecule has 18 heavy (non-hydrogen) atoms. The molecule has 0 aliphatic carbocycles. The molecule has 0 aliphatic rings. The fraction of sp³-hybridized carbons (Fsp3) is 0.308. The first-order valence-electron chi connectivity index (χ1n) is 5.74. The lowest BCUT2D eigenvalue weighted by molar-refractivity contribution is 0.178. The standard InChI is InChI=1S/C13H14Cl2N2O/c1-2-17-8-10(7-16-17)13(18)6-9-5-11(14)3-4-12(9)15/h3-5,7-8,13,18H,2,6H2,1H3. The van der Waals surface area contributed by atoms with Gasteiger partial charge in [-0.25, -0.2) is 0 Å². The summed E-state index contributed by atoms with van der Waals surface area (Å²) in [5.74, 6) is 0. The molecule has 1 unspecified atom stereocenters. The van der Waals surface area contributed by atoms with E-state index in [1.807, 2.05) is 13.1 Å². The zero-order valence-corrected chi connectivity index (χ0v) is 11.5. The maximum atomic E-state index is 10.1. The number of hydrogen-bond donors (Lipinski definition) is 1. The summed E-state index contributed by atoms with van der Waals surface area (Å²) >= 11 is 12.0. The van der Waals surface area contributed by atoms with Gasteiger partial charge in [-0.3, -0.25) is 4.68 Å². The van der Waals surface area contributed by atoms with Crippen LogP contribution in [0.4, 0.5) is 0 Å². The van der Waals surface area contributed by atoms with E-state index in [1.54, 1.807) is 29.1 Å². The van der Waals surface area contributed by atoms with Crippen LogP contribution in [0.2, 0.25) is 10.0 Å². The predicted octanol–water partition coefficient (Wildman–Crippen LogP) is 3.49. The van der Waals surface area contributed by atoms with E-state index in [1.165, 1.54) is 0 Å². The molecule has 0 spiro atoms. The molecule has 2 aromatic rings. The number of aryl methyl sites for hydroxylation is 1. The summed E-state index contributed by atoms with van der Waals surface area (Å²) in [6.45, 7) is 2.78. The molecule has 96 valence electrons. The third-order valence-electron chi connectivity index (χ3n) is 2.78. The largest absolute Gasteiger partial charge is 0.388 e. The number of aromatic nitrogens is 2. The van der Waals surface area contributed by atoms with Crippen molar-refractivity contribution in [2.24, 2.45) is 0 Å². The molecule has 0 saturated carbocycles. The zero-order chi connectivity index (χ0) is 13.1. The van der Waals surface area contributed by atoms with Crippen molar-refractivity contribution >= 4 is 23.2 Å². The quantitative estimate of drug-likeness (QED) is 0.933. The van der Waals surface area contributed by atoms with E-state index in [-0.39, 0.29) is 0 Å². The number of nitrogens with zero attached hydrogens (tertiary/aromatic N) is 2. The molecule has 0 aliphatic heterocycles. The van der Waals surface area contributed by atoms with Gasteiger partial charge in [-0.15, -0.1) is 0 Å². The Kier molecular flexibility index (Phi) is 4.27. The van der Waals surface area contributed by atoms with Crippen LogP contribution in [0.3, 0.4) is 0 Å². The van der Waals surface area contributed by atoms with Crippen LogP contribution < -0.4 is 0 Å². The monoisotopic (exact) mass is 284 g/mol. The van der Waals surface area contributed by atoms with Crippen molar-refractivity contribution in [3.8, 4) is 0 Å². The summed E-state index contributed by atoms with van der Waals surface area (Å²) in [4.78, 5) is 0. The first-order valence-corrected chi connectivity index (χ1v) is 6.50. The molecule has 1 heterocycles. The van der Waals surface area contributed by atoms with Gasteiger partial charge in [0.1, 0.15) is 0 Å². The lowest BCUT2D eigenvalue weighted by Crippen LogP contribution is -2.01. The van der Waals surface area contributed by atoms with Crippen LogP contribution in [0, 0.1) is 0 Å². The second kappa shape index (κ2) is 5.74. The second-order valence-corrected chi connectivity index (χ2v) is 4.93. The average Bonchev–Trinajstić information content (AvgIpc) is 2.82. The van der Waals surface area contributed by atoms with E-state index in [0.717, 1.165) is 17.7 Å². The Morgan fingerprint density at radius 3 is 2.83 bits per heavy atom. The van der Waals surface area contributed by atoms with Gasteiger partial charge in [0.15, 0.2) is 0 Å². The van der Waals surface area contributed by atoms with Gasteiger partial charge in [-0.05, 0) is 30.7 Å². The topological polar surface area (TPSA) is 38.0 Å². The molecule has 1 aromatic carbocycles. The number of halogens is 2. The first kappa shape index (κ1) is 13.4. The Morgan fingerprint density at radius 1 is 1.39 bits per heavy atom. The number of aliphatic hydroxyl groups is 1. The van der Waals surface area contributed by atoms with Crippen LogP contribution in [0.5, 0.6) is 0 Å². The summed E-state index contributed by atoms with van der Waals surface area (Å²) in [5.41, 5.74) is 1.62. The molecule has 5 heteroatoms. The van der Waals surface area contributed by atoms with Gasteiger partial charge in [0.2, 0.25) is 0 Å². The van der Waals surface area contributed by atoms with Crippen molar-refractivity contribution in [3.63, 3.8) is 0 Å². The highest BCUT2D eigenvalue weighted by Gasteiger charge is 2.13. The molecular weight excluding hydrogens is 271 g/mol. The molecule has 0 saturated heterocycles. The van der Waals surface area contributed by atoms with Gasteiger partial charge >= 0.3 is 0 Å². The molecule has 1 N–H and O–H groups in total. The van der Waals surface area contributed by atoms with Crippen LogP contribution in [-0.2, 0) is 13.0 Å². The fourth-order valence-electron chi connectivity index (χ4n) is 1.75. The minimum absolute atomic E-state index is 0.425. The van der Waals surface area contributed by atoms with E-state index >= 15 is 0 Å². The van der Waals surface area contributed by atoms with Crippen molar-refractivity contribution < 1.29 is 5.11 Å².